The van der Waals surface area contributed by atoms with Gasteiger partial charge in [0.05, 0.1) is 22.8 Å². The van der Waals surface area contributed by atoms with Gasteiger partial charge in [-0.2, -0.15) is 0 Å². The molecular formula is C25H19FN4O5S. The first-order valence-corrected chi connectivity index (χ1v) is 11.5. The van der Waals surface area contributed by atoms with E-state index in [4.69, 9.17) is 5.11 Å². The minimum Gasteiger partial charge on any atom is -0.480 e. The number of carboxylic acids is 1. The van der Waals surface area contributed by atoms with Gasteiger partial charge in [0.1, 0.15) is 12.4 Å². The summed E-state index contributed by atoms with van der Waals surface area (Å²) in [5.41, 5.74) is 2.36. The molecule has 0 radical (unpaired) electrons. The van der Waals surface area contributed by atoms with Gasteiger partial charge >= 0.3 is 5.97 Å². The topological polar surface area (TPSA) is 126 Å². The SMILES string of the molecule is O=C(O)CNC(=O)c1ccc(CN(c2nc(-c3cccc([N+](=O)[O-])c3)cs2)c2ccccc2F)cc1. The van der Waals surface area contributed by atoms with Crippen LogP contribution >= 0.6 is 11.3 Å². The smallest absolute Gasteiger partial charge is 0.322 e. The first-order chi connectivity index (χ1) is 17.3. The average Bonchev–Trinajstić information content (AvgIpc) is 3.37. The van der Waals surface area contributed by atoms with Crippen LogP contribution in [0.3, 0.4) is 0 Å². The molecular weight excluding hydrogens is 487 g/mol. The van der Waals surface area contributed by atoms with Gasteiger partial charge in [-0.15, -0.1) is 11.3 Å². The highest BCUT2D eigenvalue weighted by atomic mass is 32.1. The normalized spacial score (nSPS) is 10.6. The molecule has 0 saturated heterocycles. The summed E-state index contributed by atoms with van der Waals surface area (Å²) in [4.78, 5) is 39.7. The number of amides is 1. The van der Waals surface area contributed by atoms with Crippen LogP contribution < -0.4 is 10.2 Å². The van der Waals surface area contributed by atoms with Crippen molar-refractivity contribution in [1.82, 2.24) is 10.3 Å². The predicted octanol–water partition coefficient (Wildman–Crippen LogP) is 5.01. The van der Waals surface area contributed by atoms with Gasteiger partial charge in [-0.05, 0) is 29.8 Å². The van der Waals surface area contributed by atoms with E-state index in [1.165, 1.54) is 29.5 Å². The number of rotatable bonds is 9. The summed E-state index contributed by atoms with van der Waals surface area (Å²) in [6.45, 7) is -0.265. The van der Waals surface area contributed by atoms with Crippen molar-refractivity contribution in [3.8, 4) is 11.3 Å². The number of para-hydroxylation sites is 1. The second-order valence-electron chi connectivity index (χ2n) is 7.63. The number of thiazole rings is 1. The number of aliphatic carboxylic acids is 1. The molecule has 0 aliphatic carbocycles. The zero-order chi connectivity index (χ0) is 25.7. The van der Waals surface area contributed by atoms with Crippen LogP contribution in [0.2, 0.25) is 0 Å². The number of benzene rings is 3. The molecule has 11 heteroatoms. The molecule has 9 nitrogen and oxygen atoms in total. The number of hydrogen-bond donors (Lipinski definition) is 2. The number of nitro benzene ring substituents is 1. The molecule has 4 aromatic rings. The fraction of sp³-hybridized carbons (Fsp3) is 0.0800. The molecule has 0 saturated carbocycles. The highest BCUT2D eigenvalue weighted by Gasteiger charge is 2.19. The number of anilines is 2. The van der Waals surface area contributed by atoms with Crippen LogP contribution in [0.25, 0.3) is 11.3 Å². The summed E-state index contributed by atoms with van der Waals surface area (Å²) in [5.74, 6) is -2.11. The van der Waals surface area contributed by atoms with Crippen molar-refractivity contribution >= 4 is 39.7 Å². The summed E-state index contributed by atoms with van der Waals surface area (Å²) >= 11 is 1.27. The first-order valence-electron chi connectivity index (χ1n) is 10.6. The van der Waals surface area contributed by atoms with Crippen molar-refractivity contribution in [2.24, 2.45) is 0 Å². The van der Waals surface area contributed by atoms with Gasteiger partial charge < -0.3 is 15.3 Å². The monoisotopic (exact) mass is 506 g/mol. The number of nitrogens with zero attached hydrogens (tertiary/aromatic N) is 3. The van der Waals surface area contributed by atoms with Crippen LogP contribution in [-0.2, 0) is 11.3 Å². The standard InChI is InChI=1S/C25H19FN4O5S/c26-20-6-1-2-7-22(20)29(14-16-8-10-17(11-9-16)24(33)27-13-23(31)32)25-28-21(15-36-25)18-4-3-5-19(12-18)30(34)35/h1-12,15H,13-14H2,(H,27,33)(H,31,32). The molecule has 3 aromatic carbocycles. The lowest BCUT2D eigenvalue weighted by molar-refractivity contribution is -0.384. The zero-order valence-corrected chi connectivity index (χ0v) is 19.4. The van der Waals surface area contributed by atoms with Crippen molar-refractivity contribution in [3.05, 3.63) is 105 Å². The lowest BCUT2D eigenvalue weighted by atomic mass is 10.1. The summed E-state index contributed by atoms with van der Waals surface area (Å²) in [7, 11) is 0. The van der Waals surface area contributed by atoms with E-state index in [0.29, 0.717) is 27.6 Å². The van der Waals surface area contributed by atoms with Crippen molar-refractivity contribution in [1.29, 1.82) is 0 Å². The Bertz CT molecular complexity index is 1420. The zero-order valence-electron chi connectivity index (χ0n) is 18.6. The van der Waals surface area contributed by atoms with Gasteiger partial charge in [-0.1, -0.05) is 36.4 Å². The molecule has 0 atom stereocenters. The molecule has 0 aliphatic heterocycles. The number of carbonyl (C=O) groups excluding carboxylic acids is 1. The quantitative estimate of drug-likeness (QED) is 0.241. The van der Waals surface area contributed by atoms with Crippen molar-refractivity contribution < 1.29 is 24.0 Å². The molecule has 0 aliphatic rings. The largest absolute Gasteiger partial charge is 0.480 e. The molecule has 1 aromatic heterocycles. The van der Waals surface area contributed by atoms with E-state index < -0.39 is 29.2 Å². The predicted molar refractivity (Wildman–Crippen MR) is 133 cm³/mol. The summed E-state index contributed by atoms with van der Waals surface area (Å²) < 4.78 is 14.8. The second-order valence-corrected chi connectivity index (χ2v) is 8.47. The van der Waals surface area contributed by atoms with Crippen LogP contribution in [0.5, 0.6) is 0 Å². The van der Waals surface area contributed by atoms with Gasteiger partial charge in [0.15, 0.2) is 5.13 Å². The van der Waals surface area contributed by atoms with Gasteiger partial charge in [0.2, 0.25) is 0 Å². The van der Waals surface area contributed by atoms with Crippen molar-refractivity contribution in [3.63, 3.8) is 0 Å². The minimum atomic E-state index is -1.14. The number of aromatic nitrogens is 1. The Hall–Kier alpha value is -4.64. The molecule has 0 bridgehead atoms. The Kier molecular flexibility index (Phi) is 7.31. The first kappa shape index (κ1) is 24.5. The molecule has 1 heterocycles. The molecule has 36 heavy (non-hydrogen) atoms. The highest BCUT2D eigenvalue weighted by molar-refractivity contribution is 7.14. The number of halogens is 1. The van der Waals surface area contributed by atoms with E-state index in [-0.39, 0.29) is 12.2 Å². The van der Waals surface area contributed by atoms with Gasteiger partial charge in [0, 0.05) is 28.6 Å². The van der Waals surface area contributed by atoms with E-state index in [1.54, 1.807) is 64.9 Å². The van der Waals surface area contributed by atoms with Crippen molar-refractivity contribution in [2.75, 3.05) is 11.4 Å². The van der Waals surface area contributed by atoms with Crippen LogP contribution in [0.4, 0.5) is 20.9 Å². The lowest BCUT2D eigenvalue weighted by Gasteiger charge is -2.23. The third kappa shape index (κ3) is 5.70. The molecule has 4 rings (SSSR count). The fourth-order valence-corrected chi connectivity index (χ4v) is 4.28. The number of non-ortho nitro benzene ring substituents is 1. The van der Waals surface area contributed by atoms with Crippen molar-refractivity contribution in [2.45, 2.75) is 6.54 Å². The maximum atomic E-state index is 14.8. The number of hydrogen-bond acceptors (Lipinski definition) is 7. The Balaban J connectivity index is 1.63. The summed E-state index contributed by atoms with van der Waals surface area (Å²) in [6, 6.07) is 18.9. The molecule has 2 N–H and O–H groups in total. The maximum absolute atomic E-state index is 14.8. The second kappa shape index (κ2) is 10.7. The fourth-order valence-electron chi connectivity index (χ4n) is 3.43. The van der Waals surface area contributed by atoms with E-state index in [1.807, 2.05) is 0 Å². The number of carbonyl (C=O) groups is 2. The molecule has 0 spiro atoms. The number of nitro groups is 1. The minimum absolute atomic E-state index is 0.0551. The Labute approximate surface area is 208 Å². The van der Waals surface area contributed by atoms with Gasteiger partial charge in [-0.25, -0.2) is 9.37 Å². The third-order valence-electron chi connectivity index (χ3n) is 5.18. The summed E-state index contributed by atoms with van der Waals surface area (Å²) in [5, 5.41) is 24.4. The highest BCUT2D eigenvalue weighted by Crippen LogP contribution is 2.35. The van der Waals surface area contributed by atoms with Crippen LogP contribution in [-0.4, -0.2) is 33.4 Å². The molecule has 182 valence electrons. The molecule has 0 unspecified atom stereocenters. The number of carboxylic acid groups (broad SMARTS) is 1. The summed E-state index contributed by atoms with van der Waals surface area (Å²) in [6.07, 6.45) is 0. The van der Waals surface area contributed by atoms with E-state index in [2.05, 4.69) is 10.3 Å². The van der Waals surface area contributed by atoms with Crippen LogP contribution in [0, 0.1) is 15.9 Å². The van der Waals surface area contributed by atoms with E-state index in [0.717, 1.165) is 5.56 Å². The maximum Gasteiger partial charge on any atom is 0.322 e. The molecule has 1 amide bonds. The van der Waals surface area contributed by atoms with E-state index in [9.17, 15) is 24.1 Å². The van der Waals surface area contributed by atoms with Crippen LogP contribution in [0.15, 0.2) is 78.2 Å². The molecule has 0 fully saturated rings. The Morgan fingerprint density at radius 2 is 1.83 bits per heavy atom. The Morgan fingerprint density at radius 3 is 2.53 bits per heavy atom. The number of nitrogens with one attached hydrogen (secondary N) is 1. The third-order valence-corrected chi connectivity index (χ3v) is 6.04. The van der Waals surface area contributed by atoms with Crippen LogP contribution in [0.1, 0.15) is 15.9 Å². The lowest BCUT2D eigenvalue weighted by Crippen LogP contribution is -2.29. The van der Waals surface area contributed by atoms with Gasteiger partial charge in [0.25, 0.3) is 11.6 Å². The Morgan fingerprint density at radius 1 is 1.08 bits per heavy atom. The average molecular weight is 507 g/mol. The van der Waals surface area contributed by atoms with E-state index >= 15 is 0 Å². The van der Waals surface area contributed by atoms with Gasteiger partial charge in [-0.3, -0.25) is 19.7 Å².